The first-order chi connectivity index (χ1) is 22.1. The van der Waals surface area contributed by atoms with Crippen LogP contribution in [0.4, 0.5) is 0 Å². The van der Waals surface area contributed by atoms with Crippen LogP contribution in [0, 0.1) is 50.2 Å². The van der Waals surface area contributed by atoms with Gasteiger partial charge >= 0.3 is 11.9 Å². The molecule has 0 saturated heterocycles. The normalized spacial score (nSPS) is 45.7. The van der Waals surface area contributed by atoms with Gasteiger partial charge in [0.2, 0.25) is 0 Å². The summed E-state index contributed by atoms with van der Waals surface area (Å²) >= 11 is 0. The summed E-state index contributed by atoms with van der Waals surface area (Å²) in [4.78, 5) is 25.6. The molecule has 6 rings (SSSR count). The fraction of sp³-hybridized carbons (Fsp3) is 0.750. The molecule has 5 aliphatic rings. The minimum Gasteiger partial charge on any atom is -0.467 e. The lowest BCUT2D eigenvalue weighted by molar-refractivity contribution is -0.237. The quantitative estimate of drug-likeness (QED) is 0.241. The van der Waals surface area contributed by atoms with Gasteiger partial charge in [-0.25, -0.2) is 4.79 Å². The van der Waals surface area contributed by atoms with Crippen molar-refractivity contribution in [1.82, 2.24) is 0 Å². The summed E-state index contributed by atoms with van der Waals surface area (Å²) in [6.07, 6.45) is 9.14. The molecule has 0 spiro atoms. The highest BCUT2D eigenvalue weighted by molar-refractivity contribution is 5.76. The van der Waals surface area contributed by atoms with E-state index in [4.69, 9.17) is 14.2 Å². The Morgan fingerprint density at radius 1 is 0.894 bits per heavy atom. The van der Waals surface area contributed by atoms with Gasteiger partial charge in [0, 0.05) is 11.3 Å². The van der Waals surface area contributed by atoms with Gasteiger partial charge in [-0.05, 0) is 104 Å². The molecule has 7 nitrogen and oxygen atoms in total. The molecule has 2 N–H and O–H groups in total. The number of carbonyl (C=O) groups is 2. The van der Waals surface area contributed by atoms with Gasteiger partial charge in [0.15, 0.2) is 0 Å². The zero-order valence-corrected chi connectivity index (χ0v) is 29.8. The second-order valence-corrected chi connectivity index (χ2v) is 17.6. The van der Waals surface area contributed by atoms with E-state index in [-0.39, 0.29) is 65.2 Å². The fourth-order valence-corrected chi connectivity index (χ4v) is 12.0. The molecule has 47 heavy (non-hydrogen) atoms. The van der Waals surface area contributed by atoms with Crippen molar-refractivity contribution in [2.45, 2.75) is 118 Å². The number of aliphatic hydroxyl groups excluding tert-OH is 2. The topological polar surface area (TPSA) is 102 Å². The predicted octanol–water partition coefficient (Wildman–Crippen LogP) is 7.03. The lowest BCUT2D eigenvalue weighted by atomic mass is 9.33. The maximum Gasteiger partial charge on any atom is 0.331 e. The van der Waals surface area contributed by atoms with Crippen LogP contribution in [0.25, 0.3) is 0 Å². The van der Waals surface area contributed by atoms with E-state index in [2.05, 4.69) is 47.6 Å². The van der Waals surface area contributed by atoms with Crippen molar-refractivity contribution in [2.24, 2.45) is 50.2 Å². The molecule has 11 atom stereocenters. The van der Waals surface area contributed by atoms with Crippen molar-refractivity contribution in [3.63, 3.8) is 0 Å². The predicted molar refractivity (Wildman–Crippen MR) is 180 cm³/mol. The Morgan fingerprint density at radius 2 is 1.60 bits per heavy atom. The highest BCUT2D eigenvalue weighted by Crippen LogP contribution is 2.75. The van der Waals surface area contributed by atoms with Crippen LogP contribution in [0.3, 0.4) is 0 Å². The molecule has 5 aliphatic carbocycles. The molecule has 0 radical (unpaired) electrons. The number of fused-ring (bicyclic) bond motifs is 7. The Hall–Kier alpha value is -2.22. The summed E-state index contributed by atoms with van der Waals surface area (Å²) in [6.45, 7) is 14.3. The second-order valence-electron chi connectivity index (χ2n) is 17.6. The smallest absolute Gasteiger partial charge is 0.331 e. The van der Waals surface area contributed by atoms with E-state index in [0.29, 0.717) is 6.42 Å². The first kappa shape index (κ1) is 34.6. The summed E-state index contributed by atoms with van der Waals surface area (Å²) in [6, 6.07) is 9.89. The van der Waals surface area contributed by atoms with Gasteiger partial charge in [-0.3, -0.25) is 4.79 Å². The summed E-state index contributed by atoms with van der Waals surface area (Å²) in [5, 5.41) is 23.8. The number of benzene rings is 1. The first-order valence-electron chi connectivity index (χ1n) is 18.0. The van der Waals surface area contributed by atoms with Crippen LogP contribution in [0.15, 0.2) is 42.0 Å². The van der Waals surface area contributed by atoms with Crippen molar-refractivity contribution < 1.29 is 34.0 Å². The Kier molecular flexibility index (Phi) is 8.83. The van der Waals surface area contributed by atoms with Crippen LogP contribution in [-0.2, 0) is 30.4 Å². The molecular formula is C40H58O7. The molecule has 2 unspecified atom stereocenters. The zero-order chi connectivity index (χ0) is 34.0. The summed E-state index contributed by atoms with van der Waals surface area (Å²) < 4.78 is 16.6. The van der Waals surface area contributed by atoms with E-state index >= 15 is 0 Å². The van der Waals surface area contributed by atoms with E-state index in [1.54, 1.807) is 0 Å². The number of ether oxygens (including phenoxy) is 3. The molecule has 0 aliphatic heterocycles. The number of methoxy groups -OCH3 is 1. The molecule has 0 aromatic heterocycles. The average molecular weight is 651 g/mol. The van der Waals surface area contributed by atoms with Crippen LogP contribution in [-0.4, -0.2) is 54.7 Å². The minimum absolute atomic E-state index is 0.0186. The van der Waals surface area contributed by atoms with Gasteiger partial charge in [0.05, 0.1) is 31.3 Å². The number of esters is 2. The maximum absolute atomic E-state index is 13.7. The van der Waals surface area contributed by atoms with Crippen molar-refractivity contribution in [1.29, 1.82) is 0 Å². The molecule has 0 heterocycles. The maximum atomic E-state index is 13.7. The largest absolute Gasteiger partial charge is 0.467 e. The number of allylic oxidation sites excluding steroid dienone is 1. The highest BCUT2D eigenvalue weighted by atomic mass is 16.6. The Balaban J connectivity index is 1.30. The third-order valence-electron chi connectivity index (χ3n) is 15.1. The Labute approximate surface area is 281 Å². The molecule has 7 heteroatoms. The number of hydrogen-bond acceptors (Lipinski definition) is 7. The van der Waals surface area contributed by atoms with Crippen LogP contribution in [0.1, 0.15) is 105 Å². The lowest BCUT2D eigenvalue weighted by Crippen LogP contribution is -2.68. The van der Waals surface area contributed by atoms with Crippen molar-refractivity contribution in [3.05, 3.63) is 47.5 Å². The third-order valence-corrected chi connectivity index (χ3v) is 15.1. The fourth-order valence-electron chi connectivity index (χ4n) is 12.0. The summed E-state index contributed by atoms with van der Waals surface area (Å²) in [5.74, 6) is -0.177. The van der Waals surface area contributed by atoms with E-state index in [1.165, 1.54) is 12.7 Å². The molecule has 0 amide bonds. The van der Waals surface area contributed by atoms with Crippen LogP contribution in [0.2, 0.25) is 0 Å². The van der Waals surface area contributed by atoms with Gasteiger partial charge in [0.25, 0.3) is 0 Å². The van der Waals surface area contributed by atoms with Gasteiger partial charge in [-0.2, -0.15) is 0 Å². The second kappa shape index (κ2) is 12.0. The van der Waals surface area contributed by atoms with Crippen LogP contribution >= 0.6 is 0 Å². The molecule has 4 fully saturated rings. The van der Waals surface area contributed by atoms with Crippen molar-refractivity contribution in [2.75, 3.05) is 20.3 Å². The van der Waals surface area contributed by atoms with E-state index < -0.39 is 29.0 Å². The Bertz CT molecular complexity index is 1390. The van der Waals surface area contributed by atoms with Crippen LogP contribution in [0.5, 0.6) is 0 Å². The molecule has 0 bridgehead atoms. The molecule has 4 saturated carbocycles. The van der Waals surface area contributed by atoms with Crippen molar-refractivity contribution in [3.8, 4) is 0 Å². The number of aliphatic hydroxyl groups is 2. The highest BCUT2D eigenvalue weighted by Gasteiger charge is 2.70. The zero-order valence-electron chi connectivity index (χ0n) is 29.8. The van der Waals surface area contributed by atoms with Gasteiger partial charge in [0.1, 0.15) is 13.2 Å². The Morgan fingerprint density at radius 3 is 2.30 bits per heavy atom. The minimum atomic E-state index is -0.619. The van der Waals surface area contributed by atoms with Crippen LogP contribution < -0.4 is 0 Å². The van der Waals surface area contributed by atoms with Gasteiger partial charge < -0.3 is 24.4 Å². The van der Waals surface area contributed by atoms with Gasteiger partial charge in [-0.15, -0.1) is 0 Å². The third kappa shape index (κ3) is 5.33. The molecule has 260 valence electrons. The SMILES string of the molecule is COC(=O)COC[C@@]1(C)C2CC[C@]3(C)[C@H](C(O)C=C4[C@@H]5C[C@@](C)(C(=O)OCc6ccccc6)CC[C@]5(C)CC[C@]43C)[C@@]2(C)CC[C@@H]1O. The lowest BCUT2D eigenvalue weighted by Gasteiger charge is -2.72. The molecule has 1 aromatic carbocycles. The summed E-state index contributed by atoms with van der Waals surface area (Å²) in [7, 11) is 1.36. The van der Waals surface area contributed by atoms with Gasteiger partial charge in [-0.1, -0.05) is 76.6 Å². The number of carbonyl (C=O) groups excluding carboxylic acids is 2. The molecule has 1 aromatic rings. The van der Waals surface area contributed by atoms with Crippen molar-refractivity contribution >= 4 is 11.9 Å². The monoisotopic (exact) mass is 650 g/mol. The van der Waals surface area contributed by atoms with E-state index in [1.807, 2.05) is 30.3 Å². The standard InChI is InChI=1S/C40H58O7/c1-35-17-18-36(2,34(44)47-23-26-11-9-8-10-12-26)22-28(35)27-21-29(41)33-37(3)15-14-31(42)38(4,25-46-24-32(43)45-7)30(37)13-16-40(33,6)39(27,5)20-19-35/h8-12,21,28-31,33,41-42H,13-20,22-25H2,1-7H3/t28-,29?,30?,31-,33+,35+,36-,37-,38-,39+,40+/m0/s1. The number of rotatable bonds is 7. The van der Waals surface area contributed by atoms with E-state index in [9.17, 15) is 19.8 Å². The average Bonchev–Trinajstić information content (AvgIpc) is 3.04. The molecular weight excluding hydrogens is 592 g/mol. The van der Waals surface area contributed by atoms with E-state index in [0.717, 1.165) is 56.9 Å². The number of hydrogen-bond donors (Lipinski definition) is 2. The first-order valence-corrected chi connectivity index (χ1v) is 18.0. The summed E-state index contributed by atoms with van der Waals surface area (Å²) in [5.41, 5.74) is 0.844.